The molecular formula is C19H33N5O4S. The van der Waals surface area contributed by atoms with Crippen molar-refractivity contribution in [2.75, 3.05) is 38.5 Å². The van der Waals surface area contributed by atoms with Crippen LogP contribution in [0.2, 0.25) is 0 Å². The van der Waals surface area contributed by atoms with Crippen LogP contribution in [-0.4, -0.2) is 73.9 Å². The maximum absolute atomic E-state index is 11.6. The molecule has 0 radical (unpaired) electrons. The van der Waals surface area contributed by atoms with Crippen LogP contribution in [0.3, 0.4) is 0 Å². The molecule has 5 N–H and O–H groups in total. The van der Waals surface area contributed by atoms with Crippen molar-refractivity contribution in [2.24, 2.45) is 0 Å². The summed E-state index contributed by atoms with van der Waals surface area (Å²) in [5.41, 5.74) is 0.339. The molecule has 0 aromatic carbocycles. The van der Waals surface area contributed by atoms with Crippen molar-refractivity contribution in [3.63, 3.8) is 0 Å². The number of carbonyl (C=O) groups is 3. The summed E-state index contributed by atoms with van der Waals surface area (Å²) in [4.78, 5) is 34.1. The van der Waals surface area contributed by atoms with Crippen molar-refractivity contribution in [1.82, 2.24) is 26.6 Å². The van der Waals surface area contributed by atoms with E-state index >= 15 is 0 Å². The third kappa shape index (κ3) is 8.53. The minimum Gasteiger partial charge on any atom is -0.460 e. The summed E-state index contributed by atoms with van der Waals surface area (Å²) in [5.74, 6) is 0.556. The van der Waals surface area contributed by atoms with E-state index in [1.807, 2.05) is 11.8 Å². The van der Waals surface area contributed by atoms with Gasteiger partial charge in [-0.1, -0.05) is 19.4 Å². The van der Waals surface area contributed by atoms with Crippen molar-refractivity contribution >= 4 is 29.8 Å². The maximum atomic E-state index is 11.6. The summed E-state index contributed by atoms with van der Waals surface area (Å²) in [5, 5.41) is 15.2. The molecule has 2 heterocycles. The predicted octanol–water partition coefficient (Wildman–Crippen LogP) is 0.720. The highest BCUT2D eigenvalue weighted by Gasteiger charge is 2.42. The molecule has 0 aromatic heterocycles. The molecule has 3 unspecified atom stereocenters. The fourth-order valence-electron chi connectivity index (χ4n) is 3.30. The number of urea groups is 2. The van der Waals surface area contributed by atoms with Crippen molar-refractivity contribution < 1.29 is 19.1 Å². The van der Waals surface area contributed by atoms with Crippen LogP contribution < -0.4 is 26.6 Å². The Labute approximate surface area is 176 Å². The van der Waals surface area contributed by atoms with Gasteiger partial charge in [0.25, 0.3) is 0 Å². The molecule has 10 heteroatoms. The highest BCUT2D eigenvalue weighted by atomic mass is 32.2. The molecule has 4 amide bonds. The molecular weight excluding hydrogens is 394 g/mol. The summed E-state index contributed by atoms with van der Waals surface area (Å²) in [6, 6.07) is 0.290. The molecule has 0 aliphatic carbocycles. The molecule has 2 aliphatic rings. The van der Waals surface area contributed by atoms with Crippen LogP contribution in [-0.2, 0) is 9.53 Å². The lowest BCUT2D eigenvalue weighted by molar-refractivity contribution is -0.138. The van der Waals surface area contributed by atoms with Gasteiger partial charge in [-0.2, -0.15) is 11.8 Å². The first-order valence-electron chi connectivity index (χ1n) is 10.2. The lowest BCUT2D eigenvalue weighted by atomic mass is 10.0. The monoisotopic (exact) mass is 427 g/mol. The predicted molar refractivity (Wildman–Crippen MR) is 114 cm³/mol. The van der Waals surface area contributed by atoms with Crippen LogP contribution in [0.1, 0.15) is 32.6 Å². The Hall–Kier alpha value is -1.94. The number of thioether (sulfide) groups is 1. The van der Waals surface area contributed by atoms with Crippen LogP contribution >= 0.6 is 11.8 Å². The topological polar surface area (TPSA) is 121 Å². The quantitative estimate of drug-likeness (QED) is 0.128. The fourth-order valence-corrected chi connectivity index (χ4v) is 4.84. The highest BCUT2D eigenvalue weighted by molar-refractivity contribution is 8.00. The van der Waals surface area contributed by atoms with Gasteiger partial charge in [-0.25, -0.2) is 14.4 Å². The van der Waals surface area contributed by atoms with Gasteiger partial charge in [0.15, 0.2) is 0 Å². The molecule has 29 heavy (non-hydrogen) atoms. The Morgan fingerprint density at radius 3 is 2.72 bits per heavy atom. The van der Waals surface area contributed by atoms with E-state index in [2.05, 4.69) is 33.2 Å². The van der Waals surface area contributed by atoms with E-state index < -0.39 is 5.97 Å². The zero-order valence-corrected chi connectivity index (χ0v) is 17.9. The zero-order chi connectivity index (χ0) is 21.1. The first-order valence-corrected chi connectivity index (χ1v) is 11.3. The van der Waals surface area contributed by atoms with Crippen molar-refractivity contribution in [2.45, 2.75) is 49.9 Å². The smallest absolute Gasteiger partial charge is 0.333 e. The van der Waals surface area contributed by atoms with E-state index in [4.69, 9.17) is 4.74 Å². The lowest BCUT2D eigenvalue weighted by Gasteiger charge is -2.16. The number of hydrogen-bond donors (Lipinski definition) is 5. The Morgan fingerprint density at radius 1 is 1.14 bits per heavy atom. The molecule has 2 saturated heterocycles. The molecule has 0 aromatic rings. The highest BCUT2D eigenvalue weighted by Crippen LogP contribution is 2.33. The first-order chi connectivity index (χ1) is 14.0. The van der Waals surface area contributed by atoms with Gasteiger partial charge >= 0.3 is 18.0 Å². The number of rotatable bonds is 13. The van der Waals surface area contributed by atoms with Crippen LogP contribution in [0.5, 0.6) is 0 Å². The maximum Gasteiger partial charge on any atom is 0.333 e. The summed E-state index contributed by atoms with van der Waals surface area (Å²) < 4.78 is 4.89. The van der Waals surface area contributed by atoms with Gasteiger partial charge in [0.05, 0.1) is 18.6 Å². The van der Waals surface area contributed by atoms with Crippen LogP contribution in [0, 0.1) is 0 Å². The van der Waals surface area contributed by atoms with E-state index in [1.54, 1.807) is 6.92 Å². The van der Waals surface area contributed by atoms with Crippen molar-refractivity contribution in [1.29, 1.82) is 0 Å². The summed E-state index contributed by atoms with van der Waals surface area (Å²) in [6.45, 7) is 7.61. The van der Waals surface area contributed by atoms with Gasteiger partial charge in [-0.15, -0.1) is 0 Å². The van der Waals surface area contributed by atoms with Crippen LogP contribution in [0.15, 0.2) is 12.2 Å². The number of ether oxygens (including phenoxy) is 1. The summed E-state index contributed by atoms with van der Waals surface area (Å²) in [6.07, 6.45) is 4.54. The van der Waals surface area contributed by atoms with E-state index in [9.17, 15) is 14.4 Å². The average Bonchev–Trinajstić information content (AvgIpc) is 3.23. The number of carbonyl (C=O) groups excluding carboxylic acids is 3. The SMILES string of the molecule is C=C(C)C(=O)OCCNC(=O)NCCNCCCCCC1SCC2NC(=O)NC21. The standard InChI is InChI=1S/C19H33N5O4S/c1-13(2)17(25)28-11-10-22-18(26)21-9-8-20-7-5-3-4-6-15-16-14(12-29-15)23-19(27)24-16/h14-16,20H,1,3-12H2,2H3,(H2,21,22,26)(H2,23,24,27). The second-order valence-electron chi connectivity index (χ2n) is 7.32. The zero-order valence-electron chi connectivity index (χ0n) is 17.1. The van der Waals surface area contributed by atoms with E-state index in [1.165, 1.54) is 0 Å². The Kier molecular flexibility index (Phi) is 10.1. The van der Waals surface area contributed by atoms with Crippen LogP contribution in [0.25, 0.3) is 0 Å². The van der Waals surface area contributed by atoms with E-state index in [0.29, 0.717) is 36.0 Å². The summed E-state index contributed by atoms with van der Waals surface area (Å²) >= 11 is 1.96. The third-order valence-electron chi connectivity index (χ3n) is 4.84. The summed E-state index contributed by atoms with van der Waals surface area (Å²) in [7, 11) is 0. The van der Waals surface area contributed by atoms with Crippen molar-refractivity contribution in [3.05, 3.63) is 12.2 Å². The number of fused-ring (bicyclic) bond motifs is 1. The molecule has 0 bridgehead atoms. The molecule has 164 valence electrons. The Balaban J connectivity index is 1.35. The van der Waals surface area contributed by atoms with Gasteiger partial charge in [-0.05, 0) is 26.3 Å². The van der Waals surface area contributed by atoms with E-state index in [-0.39, 0.29) is 25.2 Å². The number of amides is 4. The van der Waals surface area contributed by atoms with E-state index in [0.717, 1.165) is 38.0 Å². The van der Waals surface area contributed by atoms with Gasteiger partial charge < -0.3 is 31.3 Å². The third-order valence-corrected chi connectivity index (χ3v) is 6.35. The lowest BCUT2D eigenvalue weighted by Crippen LogP contribution is -2.40. The molecule has 2 rings (SSSR count). The molecule has 9 nitrogen and oxygen atoms in total. The number of hydrogen-bond acceptors (Lipinski definition) is 6. The van der Waals surface area contributed by atoms with Gasteiger partial charge in [0.1, 0.15) is 6.61 Å². The minimum absolute atomic E-state index is 0.0250. The Morgan fingerprint density at radius 2 is 1.93 bits per heavy atom. The van der Waals surface area contributed by atoms with Crippen LogP contribution in [0.4, 0.5) is 9.59 Å². The second kappa shape index (κ2) is 12.6. The number of unbranched alkanes of at least 4 members (excludes halogenated alkanes) is 2. The number of esters is 1. The minimum atomic E-state index is -0.454. The largest absolute Gasteiger partial charge is 0.460 e. The van der Waals surface area contributed by atoms with Gasteiger partial charge in [-0.3, -0.25) is 0 Å². The molecule has 0 spiro atoms. The normalized spacial score (nSPS) is 22.4. The average molecular weight is 428 g/mol. The van der Waals surface area contributed by atoms with Gasteiger partial charge in [0, 0.05) is 29.7 Å². The molecule has 2 aliphatic heterocycles. The molecule has 3 atom stereocenters. The first kappa shape index (κ1) is 23.3. The molecule has 0 saturated carbocycles. The molecule has 2 fully saturated rings. The van der Waals surface area contributed by atoms with Crippen molar-refractivity contribution in [3.8, 4) is 0 Å². The Bertz CT molecular complexity index is 589. The fraction of sp³-hybridized carbons (Fsp3) is 0.737. The second-order valence-corrected chi connectivity index (χ2v) is 8.59. The number of nitrogens with one attached hydrogen (secondary N) is 5. The van der Waals surface area contributed by atoms with Gasteiger partial charge in [0.2, 0.25) is 0 Å².